The largest absolute Gasteiger partial charge is 0.428 e. The molecule has 0 aromatic heterocycles. The van der Waals surface area contributed by atoms with Gasteiger partial charge in [-0.3, -0.25) is 14.5 Å². The average molecular weight is 471 g/mol. The molecule has 0 saturated heterocycles. The van der Waals surface area contributed by atoms with Gasteiger partial charge >= 0.3 is 0 Å². The van der Waals surface area contributed by atoms with E-state index in [1.807, 2.05) is 61.7 Å². The van der Waals surface area contributed by atoms with Gasteiger partial charge in [0.05, 0.1) is 5.69 Å². The molecule has 158 valence electrons. The van der Waals surface area contributed by atoms with E-state index in [1.165, 1.54) is 6.92 Å². The van der Waals surface area contributed by atoms with Crippen LogP contribution in [0.1, 0.15) is 32.8 Å². The van der Waals surface area contributed by atoms with E-state index in [1.54, 1.807) is 17.2 Å². The van der Waals surface area contributed by atoms with Gasteiger partial charge in [-0.15, -0.1) is 0 Å². The van der Waals surface area contributed by atoms with Crippen LogP contribution in [-0.2, 0) is 15.0 Å². The zero-order chi connectivity index (χ0) is 22.1. The molecular weight excluding hydrogens is 444 g/mol. The van der Waals surface area contributed by atoms with Crippen LogP contribution in [0.4, 0.5) is 11.4 Å². The highest BCUT2D eigenvalue weighted by Crippen LogP contribution is 2.43. The van der Waals surface area contributed by atoms with Crippen molar-refractivity contribution in [2.45, 2.75) is 32.6 Å². The first kappa shape index (κ1) is 23.4. The summed E-state index contributed by atoms with van der Waals surface area (Å²) >= 11 is 3.56. The minimum Gasteiger partial charge on any atom is -0.428 e. The lowest BCUT2D eigenvalue weighted by Crippen LogP contribution is -2.21. The van der Waals surface area contributed by atoms with E-state index in [-0.39, 0.29) is 11.3 Å². The molecule has 1 amide bonds. The van der Waals surface area contributed by atoms with Gasteiger partial charge in [-0.25, -0.2) is 0 Å². The maximum Gasteiger partial charge on any atom is 0.298 e. The van der Waals surface area contributed by atoms with Crippen LogP contribution >= 0.6 is 15.9 Å². The zero-order valence-electron chi connectivity index (χ0n) is 17.7. The van der Waals surface area contributed by atoms with Crippen molar-refractivity contribution in [1.82, 2.24) is 0 Å². The smallest absolute Gasteiger partial charge is 0.298 e. The highest BCUT2D eigenvalue weighted by Gasteiger charge is 2.28. The molecule has 2 aromatic rings. The summed E-state index contributed by atoms with van der Waals surface area (Å²) in [5, 5.41) is 3.19. The summed E-state index contributed by atoms with van der Waals surface area (Å²) < 4.78 is 6.13. The maximum atomic E-state index is 12.0. The number of carbonyl (C=O) groups excluding carboxylic acids is 2. The van der Waals surface area contributed by atoms with Crippen molar-refractivity contribution in [3.05, 3.63) is 76.9 Å². The number of amides is 1. The van der Waals surface area contributed by atoms with Gasteiger partial charge in [-0.1, -0.05) is 44.2 Å². The first-order valence-corrected chi connectivity index (χ1v) is 10.4. The standard InChI is InChI=1S/C24H27BrN2O3/c1-18(29)27(19-11-7-5-8-12-19)16-10-6-9-15-24(2,3)22-21(30-17-28)14-13-20(25)23(22)26-4/h5-14,16-17,26H,15H2,1-4H3/b9-6+,16-10+. The molecule has 6 heteroatoms. The Hall–Kier alpha value is -2.86. The number of benzene rings is 2. The summed E-state index contributed by atoms with van der Waals surface area (Å²) in [6.07, 6.45) is 8.24. The number of anilines is 2. The predicted octanol–water partition coefficient (Wildman–Crippen LogP) is 5.82. The summed E-state index contributed by atoms with van der Waals surface area (Å²) in [7, 11) is 1.84. The Morgan fingerprint density at radius 2 is 1.87 bits per heavy atom. The molecular formula is C24H27BrN2O3. The molecule has 0 fully saturated rings. The average Bonchev–Trinajstić information content (AvgIpc) is 2.72. The number of carbonyl (C=O) groups is 2. The third-order valence-corrected chi connectivity index (χ3v) is 5.36. The fourth-order valence-electron chi connectivity index (χ4n) is 3.26. The van der Waals surface area contributed by atoms with Crippen LogP contribution in [0.3, 0.4) is 0 Å². The maximum absolute atomic E-state index is 12.0. The number of ether oxygens (including phenoxy) is 1. The highest BCUT2D eigenvalue weighted by molar-refractivity contribution is 9.10. The zero-order valence-corrected chi connectivity index (χ0v) is 19.3. The second-order valence-electron chi connectivity index (χ2n) is 7.34. The number of para-hydroxylation sites is 1. The van der Waals surface area contributed by atoms with E-state index in [0.29, 0.717) is 18.6 Å². The minimum absolute atomic E-state index is 0.0605. The van der Waals surface area contributed by atoms with Crippen LogP contribution < -0.4 is 15.0 Å². The molecule has 0 saturated carbocycles. The second kappa shape index (κ2) is 10.8. The number of allylic oxidation sites excluding steroid dienone is 3. The van der Waals surface area contributed by atoms with E-state index in [0.717, 1.165) is 21.4 Å². The minimum atomic E-state index is -0.315. The van der Waals surface area contributed by atoms with E-state index in [9.17, 15) is 9.59 Å². The molecule has 2 aromatic carbocycles. The van der Waals surface area contributed by atoms with Gasteiger partial charge in [-0.05, 0) is 58.1 Å². The fraction of sp³-hybridized carbons (Fsp3) is 0.250. The van der Waals surface area contributed by atoms with E-state index < -0.39 is 0 Å². The van der Waals surface area contributed by atoms with Gasteiger partial charge in [-0.2, -0.15) is 0 Å². The number of hydrogen-bond donors (Lipinski definition) is 1. The molecule has 0 aliphatic carbocycles. The molecule has 0 atom stereocenters. The molecule has 0 heterocycles. The van der Waals surface area contributed by atoms with Gasteiger partial charge in [0, 0.05) is 35.9 Å². The lowest BCUT2D eigenvalue weighted by Gasteiger charge is -2.29. The molecule has 0 bridgehead atoms. The fourth-order valence-corrected chi connectivity index (χ4v) is 3.79. The molecule has 0 unspecified atom stereocenters. The third kappa shape index (κ3) is 5.83. The molecule has 0 aliphatic heterocycles. The van der Waals surface area contributed by atoms with Crippen LogP contribution in [0.2, 0.25) is 0 Å². The summed E-state index contributed by atoms with van der Waals surface area (Å²) in [5.74, 6) is 0.466. The first-order valence-electron chi connectivity index (χ1n) is 9.61. The van der Waals surface area contributed by atoms with Crippen LogP contribution in [-0.4, -0.2) is 19.4 Å². The quantitative estimate of drug-likeness (QED) is 0.370. The summed E-state index contributed by atoms with van der Waals surface area (Å²) in [6, 6.07) is 13.1. The van der Waals surface area contributed by atoms with E-state index in [2.05, 4.69) is 35.1 Å². The van der Waals surface area contributed by atoms with Crippen molar-refractivity contribution in [3.63, 3.8) is 0 Å². The molecule has 30 heavy (non-hydrogen) atoms. The van der Waals surface area contributed by atoms with E-state index in [4.69, 9.17) is 4.74 Å². The van der Waals surface area contributed by atoms with Crippen LogP contribution in [0.25, 0.3) is 0 Å². The SMILES string of the molecule is CNc1c(Br)ccc(OC=O)c1C(C)(C)C/C=C/C=C/N(C(C)=O)c1ccccc1. The second-order valence-corrected chi connectivity index (χ2v) is 8.20. The number of nitrogens with one attached hydrogen (secondary N) is 1. The Morgan fingerprint density at radius 1 is 1.17 bits per heavy atom. The number of hydrogen-bond acceptors (Lipinski definition) is 4. The summed E-state index contributed by atoms with van der Waals surface area (Å²) in [5.41, 5.74) is 2.30. The van der Waals surface area contributed by atoms with Gasteiger partial charge in [0.2, 0.25) is 5.91 Å². The first-order chi connectivity index (χ1) is 14.3. The van der Waals surface area contributed by atoms with E-state index >= 15 is 0 Å². The van der Waals surface area contributed by atoms with Gasteiger partial charge in [0.15, 0.2) is 0 Å². The summed E-state index contributed by atoms with van der Waals surface area (Å²) in [4.78, 5) is 24.5. The van der Waals surface area contributed by atoms with Crippen LogP contribution in [0, 0.1) is 0 Å². The van der Waals surface area contributed by atoms with Crippen molar-refractivity contribution in [2.75, 3.05) is 17.3 Å². The number of rotatable bonds is 9. The lowest BCUT2D eigenvalue weighted by atomic mass is 9.79. The van der Waals surface area contributed by atoms with Gasteiger partial charge in [0.25, 0.3) is 6.47 Å². The predicted molar refractivity (Wildman–Crippen MR) is 126 cm³/mol. The Balaban J connectivity index is 2.21. The molecule has 1 N–H and O–H groups in total. The van der Waals surface area contributed by atoms with Crippen molar-refractivity contribution in [3.8, 4) is 5.75 Å². The Labute approximate surface area is 186 Å². The third-order valence-electron chi connectivity index (χ3n) is 4.70. The monoisotopic (exact) mass is 470 g/mol. The number of nitrogens with zero attached hydrogens (tertiary/aromatic N) is 1. The van der Waals surface area contributed by atoms with Crippen LogP contribution in [0.15, 0.2) is 71.4 Å². The normalized spacial score (nSPS) is 11.6. The van der Waals surface area contributed by atoms with Crippen molar-refractivity contribution >= 4 is 39.7 Å². The Morgan fingerprint density at radius 3 is 2.47 bits per heavy atom. The van der Waals surface area contributed by atoms with Crippen molar-refractivity contribution in [1.29, 1.82) is 0 Å². The van der Waals surface area contributed by atoms with Gasteiger partial charge in [0.1, 0.15) is 5.75 Å². The molecule has 5 nitrogen and oxygen atoms in total. The Bertz CT molecular complexity index is 937. The van der Waals surface area contributed by atoms with Gasteiger partial charge < -0.3 is 10.1 Å². The molecule has 2 rings (SSSR count). The lowest BCUT2D eigenvalue weighted by molar-refractivity contribution is -0.120. The summed E-state index contributed by atoms with van der Waals surface area (Å²) in [6.45, 7) is 6.16. The topological polar surface area (TPSA) is 58.6 Å². The van der Waals surface area contributed by atoms with Crippen molar-refractivity contribution < 1.29 is 14.3 Å². The Kier molecular flexibility index (Phi) is 8.42. The molecule has 0 radical (unpaired) electrons. The molecule has 0 spiro atoms. The van der Waals surface area contributed by atoms with Crippen molar-refractivity contribution in [2.24, 2.45) is 0 Å². The highest BCUT2D eigenvalue weighted by atomic mass is 79.9. The number of halogens is 1. The molecule has 0 aliphatic rings. The van der Waals surface area contributed by atoms with Crippen LogP contribution in [0.5, 0.6) is 5.75 Å².